The van der Waals surface area contributed by atoms with E-state index in [1.54, 1.807) is 96.1 Å². The minimum Gasteiger partial charge on any atom is -0.456 e. The summed E-state index contributed by atoms with van der Waals surface area (Å²) in [7, 11) is 0. The predicted molar refractivity (Wildman–Crippen MR) is 173 cm³/mol. The third kappa shape index (κ3) is 6.74. The summed E-state index contributed by atoms with van der Waals surface area (Å²) < 4.78 is 23.9. The zero-order chi connectivity index (χ0) is 34.1. The molecule has 0 aromatic heterocycles. The molecule has 10 heteroatoms. The maximum atomic E-state index is 13.5. The highest BCUT2D eigenvalue weighted by molar-refractivity contribution is 6.00. The summed E-state index contributed by atoms with van der Waals surface area (Å²) in [4.78, 5) is 52.1. The topological polar surface area (TPSA) is 137 Å². The van der Waals surface area contributed by atoms with Crippen LogP contribution in [-0.4, -0.2) is 42.1 Å². The fourth-order valence-corrected chi connectivity index (χ4v) is 5.36. The van der Waals surface area contributed by atoms with Gasteiger partial charge in [0.2, 0.25) is 0 Å². The van der Waals surface area contributed by atoms with Crippen LogP contribution < -0.4 is 19.5 Å². The molecule has 0 saturated carbocycles. The number of unbranched alkanes of at least 4 members (excludes halogenated alkanes) is 3. The fraction of sp³-hybridized carbons (Fsp3) is 0.405. The van der Waals surface area contributed by atoms with Crippen LogP contribution in [0.25, 0.3) is 0 Å². The monoisotopic (exact) mass is 643 g/mol. The maximum absolute atomic E-state index is 13.5. The predicted octanol–water partition coefficient (Wildman–Crippen LogP) is 6.44. The number of hydrogen-bond donors (Lipinski definition) is 2. The van der Waals surface area contributed by atoms with E-state index < -0.39 is 34.3 Å². The third-order valence-corrected chi connectivity index (χ3v) is 8.03. The zero-order valence-electron chi connectivity index (χ0n) is 27.7. The standard InChI is InChI=1S/C37H41NO9/c1-35(2,3)33(42)44-23-12-15-26-29(20-23)46-30-21-24(45-34(43)36(4,5)6)13-16-27(30)37(26)28-19-22(11-14-25(28)32(41)47-37)31(40)38-17-9-7-8-10-18-39/h11-16,19-21,39H,7-10,17-18H2,1-6H3,(H,38,40). The molecule has 0 aliphatic carbocycles. The second kappa shape index (κ2) is 12.8. The molecular formula is C37H41NO9. The first-order valence-electron chi connectivity index (χ1n) is 15.8. The Labute approximate surface area is 274 Å². The van der Waals surface area contributed by atoms with E-state index in [-0.39, 0.29) is 41.1 Å². The average Bonchev–Trinajstić information content (AvgIpc) is 3.29. The van der Waals surface area contributed by atoms with E-state index >= 15 is 0 Å². The summed E-state index contributed by atoms with van der Waals surface area (Å²) in [6, 6.07) is 14.5. The molecule has 0 saturated heterocycles. The fourth-order valence-electron chi connectivity index (χ4n) is 5.36. The summed E-state index contributed by atoms with van der Waals surface area (Å²) >= 11 is 0. The third-order valence-electron chi connectivity index (χ3n) is 8.03. The van der Waals surface area contributed by atoms with Crippen LogP contribution in [0.2, 0.25) is 0 Å². The van der Waals surface area contributed by atoms with Crippen LogP contribution in [0.1, 0.15) is 105 Å². The van der Waals surface area contributed by atoms with Crippen LogP contribution in [0.5, 0.6) is 23.0 Å². The van der Waals surface area contributed by atoms with Gasteiger partial charge in [-0.15, -0.1) is 0 Å². The molecule has 5 rings (SSSR count). The minimum atomic E-state index is -1.52. The summed E-state index contributed by atoms with van der Waals surface area (Å²) in [5.41, 5.74) is -1.02. The number of amides is 1. The van der Waals surface area contributed by atoms with Gasteiger partial charge in [0.05, 0.1) is 16.4 Å². The van der Waals surface area contributed by atoms with Crippen molar-refractivity contribution in [1.29, 1.82) is 0 Å². The van der Waals surface area contributed by atoms with Crippen molar-refractivity contribution in [2.24, 2.45) is 10.8 Å². The quantitative estimate of drug-likeness (QED) is 0.153. The van der Waals surface area contributed by atoms with Gasteiger partial charge < -0.3 is 29.4 Å². The number of carbonyl (C=O) groups is 4. The molecule has 10 nitrogen and oxygen atoms in total. The van der Waals surface area contributed by atoms with Crippen molar-refractivity contribution in [3.05, 3.63) is 82.4 Å². The van der Waals surface area contributed by atoms with Crippen molar-refractivity contribution in [3.8, 4) is 23.0 Å². The van der Waals surface area contributed by atoms with Crippen LogP contribution in [0, 0.1) is 10.8 Å². The molecule has 2 aliphatic heterocycles. The molecule has 248 valence electrons. The van der Waals surface area contributed by atoms with Gasteiger partial charge >= 0.3 is 17.9 Å². The second-order valence-electron chi connectivity index (χ2n) is 13.9. The largest absolute Gasteiger partial charge is 0.456 e. The first-order valence-corrected chi connectivity index (χ1v) is 15.8. The van der Waals surface area contributed by atoms with Gasteiger partial charge in [-0.05, 0) is 96.8 Å². The molecule has 47 heavy (non-hydrogen) atoms. The molecule has 0 radical (unpaired) electrons. The van der Waals surface area contributed by atoms with Crippen LogP contribution in [0.15, 0.2) is 54.6 Å². The van der Waals surface area contributed by atoms with Gasteiger partial charge in [-0.3, -0.25) is 14.4 Å². The molecule has 0 atom stereocenters. The van der Waals surface area contributed by atoms with Crippen LogP contribution in [-0.2, 0) is 19.9 Å². The Morgan fingerprint density at radius 2 is 1.30 bits per heavy atom. The van der Waals surface area contributed by atoms with Gasteiger partial charge in [0, 0.05) is 47.5 Å². The van der Waals surface area contributed by atoms with E-state index in [1.165, 1.54) is 0 Å². The van der Waals surface area contributed by atoms with Gasteiger partial charge in [-0.25, -0.2) is 4.79 Å². The number of ether oxygens (including phenoxy) is 4. The van der Waals surface area contributed by atoms with Gasteiger partial charge in [0.15, 0.2) is 5.60 Å². The number of rotatable bonds is 9. The Morgan fingerprint density at radius 1 is 0.745 bits per heavy atom. The Hall–Kier alpha value is -4.70. The molecule has 1 spiro atoms. The minimum absolute atomic E-state index is 0.147. The van der Waals surface area contributed by atoms with Gasteiger partial charge in [-0.2, -0.15) is 0 Å². The van der Waals surface area contributed by atoms with E-state index in [1.807, 2.05) is 0 Å². The number of aliphatic hydroxyl groups excluding tert-OH is 1. The van der Waals surface area contributed by atoms with Crippen molar-refractivity contribution in [1.82, 2.24) is 5.32 Å². The lowest BCUT2D eigenvalue weighted by Crippen LogP contribution is -2.33. The number of hydrogen-bond acceptors (Lipinski definition) is 9. The Bertz CT molecular complexity index is 1650. The number of nitrogens with one attached hydrogen (secondary N) is 1. The molecule has 0 fully saturated rings. The molecule has 0 unspecified atom stereocenters. The molecule has 2 N–H and O–H groups in total. The highest BCUT2D eigenvalue weighted by Gasteiger charge is 2.54. The van der Waals surface area contributed by atoms with E-state index in [0.29, 0.717) is 28.8 Å². The summed E-state index contributed by atoms with van der Waals surface area (Å²) in [6.45, 7) is 11.1. The van der Waals surface area contributed by atoms with Gasteiger partial charge in [-0.1, -0.05) is 12.8 Å². The van der Waals surface area contributed by atoms with E-state index in [2.05, 4.69) is 5.32 Å². The lowest BCUT2D eigenvalue weighted by atomic mass is 9.77. The Balaban J connectivity index is 1.58. The summed E-state index contributed by atoms with van der Waals surface area (Å²) in [5, 5.41) is 11.9. The van der Waals surface area contributed by atoms with Crippen LogP contribution >= 0.6 is 0 Å². The molecule has 3 aromatic rings. The number of benzene rings is 3. The van der Waals surface area contributed by atoms with Crippen molar-refractivity contribution < 1.29 is 43.2 Å². The first kappa shape index (κ1) is 33.7. The lowest BCUT2D eigenvalue weighted by molar-refractivity contribution is -0.143. The lowest BCUT2D eigenvalue weighted by Gasteiger charge is -2.37. The highest BCUT2D eigenvalue weighted by Crippen LogP contribution is 2.57. The van der Waals surface area contributed by atoms with Crippen molar-refractivity contribution in [2.75, 3.05) is 13.2 Å². The zero-order valence-corrected chi connectivity index (χ0v) is 27.7. The van der Waals surface area contributed by atoms with Crippen LogP contribution in [0.3, 0.4) is 0 Å². The van der Waals surface area contributed by atoms with Crippen molar-refractivity contribution >= 4 is 23.8 Å². The van der Waals surface area contributed by atoms with Crippen molar-refractivity contribution in [3.63, 3.8) is 0 Å². The average molecular weight is 644 g/mol. The molecule has 1 amide bonds. The summed E-state index contributed by atoms with van der Waals surface area (Å²) in [6.07, 6.45) is 3.25. The first-order chi connectivity index (χ1) is 22.1. The van der Waals surface area contributed by atoms with Crippen LogP contribution in [0.4, 0.5) is 0 Å². The van der Waals surface area contributed by atoms with Crippen molar-refractivity contribution in [2.45, 2.75) is 72.8 Å². The normalized spacial score (nSPS) is 14.3. The Morgan fingerprint density at radius 3 is 1.83 bits per heavy atom. The van der Waals surface area contributed by atoms with Gasteiger partial charge in [0.1, 0.15) is 23.0 Å². The highest BCUT2D eigenvalue weighted by atomic mass is 16.6. The SMILES string of the molecule is CC(C)(C)C(=O)Oc1ccc2c(c1)Oc1cc(OC(=O)C(C)(C)C)ccc1C21OC(=O)c2ccc(C(=O)NCCCCCCO)cc21. The molecule has 2 aliphatic rings. The smallest absolute Gasteiger partial charge is 0.340 e. The molecular weight excluding hydrogens is 602 g/mol. The number of aliphatic hydroxyl groups is 1. The van der Waals surface area contributed by atoms with Gasteiger partial charge in [0.25, 0.3) is 5.91 Å². The molecule has 2 heterocycles. The number of carbonyl (C=O) groups excluding carboxylic acids is 4. The Kier molecular flexibility index (Phi) is 9.19. The second-order valence-corrected chi connectivity index (χ2v) is 13.9. The van der Waals surface area contributed by atoms with E-state index in [4.69, 9.17) is 24.1 Å². The molecule has 3 aromatic carbocycles. The number of fused-ring (bicyclic) bond motifs is 6. The number of esters is 3. The summed E-state index contributed by atoms with van der Waals surface area (Å²) in [5.74, 6) is -0.790. The van der Waals surface area contributed by atoms with E-state index in [9.17, 15) is 19.2 Å². The van der Waals surface area contributed by atoms with E-state index in [0.717, 1.165) is 25.7 Å². The molecule has 0 bridgehead atoms. The maximum Gasteiger partial charge on any atom is 0.340 e.